The second-order valence-electron chi connectivity index (χ2n) is 8.61. The van der Waals surface area contributed by atoms with E-state index in [1.807, 2.05) is 0 Å². The number of carboxylic acid groups (broad SMARTS) is 1. The number of fused-ring (bicyclic) bond motifs is 1. The molecule has 9 nitrogen and oxygen atoms in total. The number of sulfonamides is 1. The number of carbonyl (C=O) groups is 1. The molecule has 0 bridgehead atoms. The molecule has 0 aliphatic carbocycles. The normalized spacial score (nSPS) is 11.8. The van der Waals surface area contributed by atoms with Crippen LogP contribution >= 0.6 is 11.6 Å². The van der Waals surface area contributed by atoms with Crippen LogP contribution in [0.5, 0.6) is 23.0 Å². The van der Waals surface area contributed by atoms with E-state index in [0.29, 0.717) is 16.5 Å². The summed E-state index contributed by atoms with van der Waals surface area (Å²) in [7, 11) is -3.01. The fourth-order valence-electron chi connectivity index (χ4n) is 3.86. The van der Waals surface area contributed by atoms with E-state index >= 15 is 0 Å². The fourth-order valence-corrected chi connectivity index (χ4v) is 5.48. The molecule has 14 heteroatoms. The molecule has 0 aliphatic rings. The van der Waals surface area contributed by atoms with Gasteiger partial charge in [0.05, 0.1) is 18.6 Å². The molecule has 0 spiro atoms. The zero-order valence-electron chi connectivity index (χ0n) is 20.9. The predicted molar refractivity (Wildman–Crippen MR) is 141 cm³/mol. The predicted octanol–water partition coefficient (Wildman–Crippen LogP) is 6.30. The van der Waals surface area contributed by atoms with E-state index < -0.39 is 33.7 Å². The number of hydrogen-bond donors (Lipinski definition) is 3. The van der Waals surface area contributed by atoms with Crippen LogP contribution in [0.3, 0.4) is 0 Å². The Balaban J connectivity index is 1.71. The lowest BCUT2D eigenvalue weighted by molar-refractivity contribution is -0.153. The first-order valence-corrected chi connectivity index (χ1v) is 13.3. The van der Waals surface area contributed by atoms with Gasteiger partial charge in [0.15, 0.2) is 23.9 Å². The highest BCUT2D eigenvalue weighted by Gasteiger charge is 2.29. The Morgan fingerprint density at radius 3 is 2.42 bits per heavy atom. The van der Waals surface area contributed by atoms with Gasteiger partial charge < -0.3 is 24.3 Å². The van der Waals surface area contributed by atoms with Crippen molar-refractivity contribution in [2.45, 2.75) is 24.4 Å². The lowest BCUT2D eigenvalue weighted by atomic mass is 10.1. The van der Waals surface area contributed by atoms with Gasteiger partial charge in [-0.3, -0.25) is 9.52 Å². The molecule has 0 saturated heterocycles. The highest BCUT2D eigenvalue weighted by atomic mass is 35.5. The van der Waals surface area contributed by atoms with E-state index in [9.17, 15) is 26.4 Å². The lowest BCUT2D eigenvalue weighted by Crippen LogP contribution is -2.19. The number of aryl methyl sites for hydroxylation is 1. The van der Waals surface area contributed by atoms with Crippen LogP contribution in [0.2, 0.25) is 5.02 Å². The van der Waals surface area contributed by atoms with E-state index in [1.54, 1.807) is 19.1 Å². The van der Waals surface area contributed by atoms with Gasteiger partial charge in [0.25, 0.3) is 10.0 Å². The molecule has 0 unspecified atom stereocenters. The number of aromatic amines is 1. The summed E-state index contributed by atoms with van der Waals surface area (Å²) in [6.07, 6.45) is -4.82. The third-order valence-electron chi connectivity index (χ3n) is 5.54. The van der Waals surface area contributed by atoms with Crippen molar-refractivity contribution in [3.8, 4) is 23.0 Å². The molecule has 0 radical (unpaired) electrons. The molecular formula is C26H22ClF3N2O7S. The topological polar surface area (TPSA) is 127 Å². The maximum absolute atomic E-state index is 13.4. The van der Waals surface area contributed by atoms with Crippen LogP contribution in [0.4, 0.5) is 18.9 Å². The number of halogens is 4. The van der Waals surface area contributed by atoms with Crippen molar-refractivity contribution in [3.63, 3.8) is 0 Å². The summed E-state index contributed by atoms with van der Waals surface area (Å²) < 4.78 is 82.8. The molecule has 0 saturated carbocycles. The van der Waals surface area contributed by atoms with Gasteiger partial charge in [-0.1, -0.05) is 17.7 Å². The fraction of sp³-hybridized carbons (Fsp3) is 0.192. The van der Waals surface area contributed by atoms with Crippen LogP contribution in [0, 0.1) is 6.92 Å². The Morgan fingerprint density at radius 2 is 1.77 bits per heavy atom. The summed E-state index contributed by atoms with van der Waals surface area (Å²) in [6.45, 7) is 0.212. The van der Waals surface area contributed by atoms with Gasteiger partial charge in [-0.25, -0.2) is 8.42 Å². The second-order valence-corrected chi connectivity index (χ2v) is 10.7. The van der Waals surface area contributed by atoms with Crippen molar-refractivity contribution in [2.24, 2.45) is 0 Å². The van der Waals surface area contributed by atoms with Gasteiger partial charge in [0, 0.05) is 22.7 Å². The zero-order chi connectivity index (χ0) is 29.2. The third kappa shape index (κ3) is 6.72. The molecular weight excluding hydrogens is 577 g/mol. The van der Waals surface area contributed by atoms with Gasteiger partial charge >= 0.3 is 12.1 Å². The minimum Gasteiger partial charge on any atom is -0.493 e. The molecule has 1 heterocycles. The number of rotatable bonds is 10. The Bertz CT molecular complexity index is 1690. The number of ether oxygens (including phenoxy) is 3. The van der Waals surface area contributed by atoms with Crippen LogP contribution in [0.25, 0.3) is 10.9 Å². The van der Waals surface area contributed by atoms with Gasteiger partial charge in [-0.2, -0.15) is 13.2 Å². The number of H-pyrrole nitrogens is 1. The number of alkyl halides is 3. The van der Waals surface area contributed by atoms with Gasteiger partial charge in [-0.15, -0.1) is 0 Å². The number of aliphatic carboxylic acids is 1. The molecule has 4 rings (SSSR count). The summed E-state index contributed by atoms with van der Waals surface area (Å²) in [4.78, 5) is 13.8. The summed E-state index contributed by atoms with van der Waals surface area (Å²) in [6, 6.07) is 12.5. The molecule has 40 heavy (non-hydrogen) atoms. The minimum absolute atomic E-state index is 0.0481. The van der Waals surface area contributed by atoms with E-state index in [0.717, 1.165) is 23.9 Å². The average molecular weight is 599 g/mol. The molecule has 0 aliphatic heterocycles. The summed E-state index contributed by atoms with van der Waals surface area (Å²) in [5.74, 6) is -0.796. The Hall–Kier alpha value is -4.10. The number of methoxy groups -OCH3 is 1. The Labute approximate surface area is 231 Å². The van der Waals surface area contributed by atoms with Gasteiger partial charge in [-0.05, 0) is 55.0 Å². The second kappa shape index (κ2) is 11.2. The molecule has 3 aromatic carbocycles. The highest BCUT2D eigenvalue weighted by molar-refractivity contribution is 7.92. The standard InChI is InChI=1S/C26H22ClF3N2O7S/c1-14-9-17-19(31-14)5-7-21(39-20-6-3-15(11-24(33)34)10-22(20)37-2)25(17)32-40(35,36)23-8-4-16(12-18(23)27)38-13-26(28,29)30/h3-10,12,31-32H,11,13H2,1-2H3,(H,33,34). The van der Waals surface area contributed by atoms with Crippen molar-refractivity contribution < 1.29 is 45.7 Å². The maximum atomic E-state index is 13.4. The number of hydrogen-bond acceptors (Lipinski definition) is 6. The summed E-state index contributed by atoms with van der Waals surface area (Å²) >= 11 is 6.14. The lowest BCUT2D eigenvalue weighted by Gasteiger charge is -2.17. The Morgan fingerprint density at radius 1 is 1.05 bits per heavy atom. The molecule has 212 valence electrons. The smallest absolute Gasteiger partial charge is 0.422 e. The first-order valence-electron chi connectivity index (χ1n) is 11.5. The van der Waals surface area contributed by atoms with Crippen molar-refractivity contribution in [1.82, 2.24) is 4.98 Å². The van der Waals surface area contributed by atoms with Crippen LogP contribution in [0.1, 0.15) is 11.3 Å². The number of carboxylic acids is 1. The molecule has 1 aromatic heterocycles. The highest BCUT2D eigenvalue weighted by Crippen LogP contribution is 2.41. The average Bonchev–Trinajstić information content (AvgIpc) is 3.24. The maximum Gasteiger partial charge on any atom is 0.422 e. The molecule has 0 amide bonds. The number of nitrogens with one attached hydrogen (secondary N) is 2. The third-order valence-corrected chi connectivity index (χ3v) is 7.37. The van der Waals surface area contributed by atoms with Crippen molar-refractivity contribution in [3.05, 3.63) is 70.9 Å². The summed E-state index contributed by atoms with van der Waals surface area (Å²) in [5, 5.41) is 9.17. The molecule has 0 fully saturated rings. The minimum atomic E-state index is -4.58. The number of anilines is 1. The first-order chi connectivity index (χ1) is 18.8. The van der Waals surface area contributed by atoms with E-state index in [2.05, 4.69) is 14.4 Å². The van der Waals surface area contributed by atoms with Crippen LogP contribution in [-0.4, -0.2) is 44.4 Å². The van der Waals surface area contributed by atoms with Crippen molar-refractivity contribution in [1.29, 1.82) is 0 Å². The van der Waals surface area contributed by atoms with Crippen LogP contribution in [0.15, 0.2) is 59.5 Å². The summed E-state index contributed by atoms with van der Waals surface area (Å²) in [5.41, 5.74) is 1.83. The van der Waals surface area contributed by atoms with Crippen LogP contribution < -0.4 is 18.9 Å². The van der Waals surface area contributed by atoms with Crippen molar-refractivity contribution >= 4 is 44.2 Å². The Kier molecular flexibility index (Phi) is 8.08. The SMILES string of the molecule is COc1cc(CC(=O)O)ccc1Oc1ccc2[nH]c(C)cc2c1NS(=O)(=O)c1ccc(OCC(F)(F)F)cc1Cl. The quantitative estimate of drug-likeness (QED) is 0.195. The zero-order valence-corrected chi connectivity index (χ0v) is 22.5. The first kappa shape index (κ1) is 28.9. The van der Waals surface area contributed by atoms with E-state index in [4.69, 9.17) is 26.2 Å². The number of aromatic nitrogens is 1. The van der Waals surface area contributed by atoms with Crippen molar-refractivity contribution in [2.75, 3.05) is 18.4 Å². The van der Waals surface area contributed by atoms with E-state index in [-0.39, 0.29) is 40.1 Å². The monoisotopic (exact) mass is 598 g/mol. The van der Waals surface area contributed by atoms with E-state index in [1.165, 1.54) is 31.4 Å². The molecule has 0 atom stereocenters. The molecule has 4 aromatic rings. The molecule has 3 N–H and O–H groups in total. The van der Waals surface area contributed by atoms with Crippen LogP contribution in [-0.2, 0) is 21.2 Å². The van der Waals surface area contributed by atoms with Gasteiger partial charge in [0.1, 0.15) is 16.3 Å². The largest absolute Gasteiger partial charge is 0.493 e. The number of benzene rings is 3. The van der Waals surface area contributed by atoms with Gasteiger partial charge in [0.2, 0.25) is 0 Å².